The second-order valence-electron chi connectivity index (χ2n) is 4.49. The molecule has 1 heterocycles. The lowest BCUT2D eigenvalue weighted by Crippen LogP contribution is -1.95. The van der Waals surface area contributed by atoms with Crippen molar-refractivity contribution in [2.45, 2.75) is 0 Å². The molecule has 0 saturated carbocycles. The summed E-state index contributed by atoms with van der Waals surface area (Å²) in [6, 6.07) is 10.6. The van der Waals surface area contributed by atoms with Gasteiger partial charge in [-0.15, -0.1) is 0 Å². The highest BCUT2D eigenvalue weighted by molar-refractivity contribution is 6.30. The van der Waals surface area contributed by atoms with Gasteiger partial charge in [0.15, 0.2) is 11.6 Å². The molecule has 3 nitrogen and oxygen atoms in total. The van der Waals surface area contributed by atoms with Crippen LogP contribution >= 0.6 is 11.6 Å². The molecule has 0 fully saturated rings. The summed E-state index contributed by atoms with van der Waals surface area (Å²) in [5, 5.41) is 4.87. The van der Waals surface area contributed by atoms with Crippen LogP contribution in [0.3, 0.4) is 0 Å². The molecule has 106 valence electrons. The van der Waals surface area contributed by atoms with Crippen LogP contribution in [0.1, 0.15) is 0 Å². The number of hydrogen-bond acceptors (Lipinski definition) is 2. The lowest BCUT2D eigenvalue weighted by molar-refractivity contribution is 0.509. The third-order valence-corrected chi connectivity index (χ3v) is 3.24. The van der Waals surface area contributed by atoms with Crippen LogP contribution in [0.4, 0.5) is 14.5 Å². The Morgan fingerprint density at radius 1 is 1.05 bits per heavy atom. The molecule has 3 rings (SSSR count). The van der Waals surface area contributed by atoms with Crippen molar-refractivity contribution in [3.63, 3.8) is 0 Å². The average molecular weight is 306 g/mol. The molecule has 0 aliphatic carbocycles. The van der Waals surface area contributed by atoms with Gasteiger partial charge in [0.25, 0.3) is 0 Å². The van der Waals surface area contributed by atoms with Crippen LogP contribution in [0.15, 0.2) is 48.7 Å². The van der Waals surface area contributed by atoms with Gasteiger partial charge >= 0.3 is 0 Å². The summed E-state index contributed by atoms with van der Waals surface area (Å²) in [7, 11) is 0. The average Bonchev–Trinajstić information content (AvgIpc) is 2.84. The van der Waals surface area contributed by atoms with Gasteiger partial charge in [-0.25, -0.2) is 13.5 Å². The maximum Gasteiger partial charge on any atom is 0.159 e. The maximum atomic E-state index is 13.3. The second kappa shape index (κ2) is 5.18. The molecule has 0 saturated heterocycles. The second-order valence-corrected chi connectivity index (χ2v) is 4.92. The standard InChI is InChI=1S/C15H10ClF2N3/c16-10-2-1-3-11(7-10)21-8-14(19)15(20-21)9-4-5-12(17)13(18)6-9/h1-8H,19H2. The van der Waals surface area contributed by atoms with E-state index in [2.05, 4.69) is 5.10 Å². The summed E-state index contributed by atoms with van der Waals surface area (Å²) >= 11 is 5.93. The fourth-order valence-corrected chi connectivity index (χ4v) is 2.19. The van der Waals surface area contributed by atoms with Crippen molar-refractivity contribution in [1.82, 2.24) is 9.78 Å². The number of benzene rings is 2. The van der Waals surface area contributed by atoms with Crippen molar-refractivity contribution in [3.05, 3.63) is 65.3 Å². The normalized spacial score (nSPS) is 10.8. The van der Waals surface area contributed by atoms with Gasteiger partial charge in [-0.05, 0) is 36.4 Å². The molecular formula is C15H10ClF2N3. The Morgan fingerprint density at radius 2 is 1.86 bits per heavy atom. The highest BCUT2D eigenvalue weighted by Gasteiger charge is 2.12. The smallest absolute Gasteiger partial charge is 0.159 e. The van der Waals surface area contributed by atoms with Crippen molar-refractivity contribution >= 4 is 17.3 Å². The molecule has 0 amide bonds. The SMILES string of the molecule is Nc1cn(-c2cccc(Cl)c2)nc1-c1ccc(F)c(F)c1. The number of hydrogen-bond donors (Lipinski definition) is 1. The van der Waals surface area contributed by atoms with E-state index in [-0.39, 0.29) is 0 Å². The number of nitrogens with zero attached hydrogens (tertiary/aromatic N) is 2. The molecule has 21 heavy (non-hydrogen) atoms. The van der Waals surface area contributed by atoms with Crippen molar-refractivity contribution in [3.8, 4) is 16.9 Å². The fraction of sp³-hybridized carbons (Fsp3) is 0. The summed E-state index contributed by atoms with van der Waals surface area (Å²) in [4.78, 5) is 0. The highest BCUT2D eigenvalue weighted by Crippen LogP contribution is 2.27. The van der Waals surface area contributed by atoms with E-state index in [9.17, 15) is 8.78 Å². The maximum absolute atomic E-state index is 13.3. The number of nitrogen functional groups attached to an aromatic ring is 1. The number of aromatic nitrogens is 2. The van der Waals surface area contributed by atoms with Crippen LogP contribution in [0.5, 0.6) is 0 Å². The van der Waals surface area contributed by atoms with Gasteiger partial charge in [0.2, 0.25) is 0 Å². The van der Waals surface area contributed by atoms with E-state index >= 15 is 0 Å². The molecule has 1 aromatic heterocycles. The van der Waals surface area contributed by atoms with E-state index < -0.39 is 11.6 Å². The zero-order valence-corrected chi connectivity index (χ0v) is 11.5. The Labute approximate surface area is 124 Å². The molecule has 0 bridgehead atoms. The Morgan fingerprint density at radius 3 is 2.57 bits per heavy atom. The van der Waals surface area contributed by atoms with E-state index in [0.717, 1.165) is 17.8 Å². The van der Waals surface area contributed by atoms with Crippen molar-refractivity contribution in [1.29, 1.82) is 0 Å². The fourth-order valence-electron chi connectivity index (χ4n) is 2.01. The molecule has 2 N–H and O–H groups in total. The van der Waals surface area contributed by atoms with Crippen LogP contribution in [0.2, 0.25) is 5.02 Å². The summed E-state index contributed by atoms with van der Waals surface area (Å²) in [6.45, 7) is 0. The first-order valence-electron chi connectivity index (χ1n) is 6.11. The molecule has 3 aromatic rings. The van der Waals surface area contributed by atoms with Gasteiger partial charge in [0, 0.05) is 10.6 Å². The quantitative estimate of drug-likeness (QED) is 0.776. The van der Waals surface area contributed by atoms with E-state index in [1.54, 1.807) is 24.4 Å². The minimum absolute atomic E-state index is 0.362. The third-order valence-electron chi connectivity index (χ3n) is 3.01. The van der Waals surface area contributed by atoms with E-state index in [0.29, 0.717) is 22.0 Å². The molecule has 0 spiro atoms. The molecule has 0 radical (unpaired) electrons. The van der Waals surface area contributed by atoms with Gasteiger partial charge in [0.1, 0.15) is 5.69 Å². The zero-order valence-electron chi connectivity index (χ0n) is 10.7. The van der Waals surface area contributed by atoms with Gasteiger partial charge < -0.3 is 5.73 Å². The lowest BCUT2D eigenvalue weighted by atomic mass is 10.1. The largest absolute Gasteiger partial charge is 0.396 e. The van der Waals surface area contributed by atoms with E-state index in [1.165, 1.54) is 10.7 Å². The Balaban J connectivity index is 2.07. The highest BCUT2D eigenvalue weighted by atomic mass is 35.5. The predicted molar refractivity (Wildman–Crippen MR) is 78.3 cm³/mol. The molecule has 2 aromatic carbocycles. The van der Waals surface area contributed by atoms with E-state index in [4.69, 9.17) is 17.3 Å². The van der Waals surface area contributed by atoms with Crippen LogP contribution in [0.25, 0.3) is 16.9 Å². The molecule has 0 aliphatic heterocycles. The van der Waals surface area contributed by atoms with Crippen LogP contribution < -0.4 is 5.73 Å². The first-order chi connectivity index (χ1) is 10.0. The van der Waals surface area contributed by atoms with E-state index in [1.807, 2.05) is 6.07 Å². The van der Waals surface area contributed by atoms with Gasteiger partial charge in [-0.2, -0.15) is 5.10 Å². The molecule has 0 aliphatic rings. The molecular weight excluding hydrogens is 296 g/mol. The van der Waals surface area contributed by atoms with Crippen LogP contribution in [-0.2, 0) is 0 Å². The first kappa shape index (κ1) is 13.6. The van der Waals surface area contributed by atoms with Crippen molar-refractivity contribution < 1.29 is 8.78 Å². The minimum Gasteiger partial charge on any atom is -0.396 e. The lowest BCUT2D eigenvalue weighted by Gasteiger charge is -2.02. The number of nitrogens with two attached hydrogens (primary N) is 1. The van der Waals surface area contributed by atoms with Gasteiger partial charge in [0.05, 0.1) is 17.6 Å². The van der Waals surface area contributed by atoms with Crippen molar-refractivity contribution in [2.24, 2.45) is 0 Å². The zero-order chi connectivity index (χ0) is 15.0. The monoisotopic (exact) mass is 305 g/mol. The van der Waals surface area contributed by atoms with Crippen LogP contribution in [-0.4, -0.2) is 9.78 Å². The van der Waals surface area contributed by atoms with Crippen molar-refractivity contribution in [2.75, 3.05) is 5.73 Å². The Bertz CT molecular complexity index is 814. The number of anilines is 1. The minimum atomic E-state index is -0.941. The van der Waals surface area contributed by atoms with Gasteiger partial charge in [-0.3, -0.25) is 0 Å². The van der Waals surface area contributed by atoms with Crippen LogP contribution in [0, 0.1) is 11.6 Å². The molecule has 0 atom stereocenters. The first-order valence-corrected chi connectivity index (χ1v) is 6.49. The Kier molecular flexibility index (Phi) is 3.35. The van der Waals surface area contributed by atoms with Gasteiger partial charge in [-0.1, -0.05) is 17.7 Å². The molecule has 0 unspecified atom stereocenters. The summed E-state index contributed by atoms with van der Waals surface area (Å²) in [6.07, 6.45) is 1.60. The number of rotatable bonds is 2. The molecule has 6 heteroatoms. The topological polar surface area (TPSA) is 43.8 Å². The predicted octanol–water partition coefficient (Wildman–Crippen LogP) is 4.05. The Hall–Kier alpha value is -2.40. The third kappa shape index (κ3) is 2.60. The summed E-state index contributed by atoms with van der Waals surface area (Å²) in [5.41, 5.74) is 7.78. The number of halogens is 3. The summed E-state index contributed by atoms with van der Waals surface area (Å²) < 4.78 is 27.8. The summed E-state index contributed by atoms with van der Waals surface area (Å²) in [5.74, 6) is -1.85.